The van der Waals surface area contributed by atoms with E-state index in [2.05, 4.69) is 10.2 Å². The summed E-state index contributed by atoms with van der Waals surface area (Å²) in [5.74, 6) is -5.15. The maximum atomic E-state index is 13.7. The normalized spacial score (nSPS) is 14.5. The first kappa shape index (κ1) is 29.5. The number of alkyl halides is 3. The highest BCUT2D eigenvalue weighted by molar-refractivity contribution is 7.45. The average Bonchev–Trinajstić information content (AvgIpc) is 3.08. The van der Waals surface area contributed by atoms with Crippen molar-refractivity contribution in [2.45, 2.75) is 38.1 Å². The van der Waals surface area contributed by atoms with Crippen LogP contribution in [0.15, 0.2) is 12.1 Å². The lowest BCUT2D eigenvalue weighted by atomic mass is 10.0. The third kappa shape index (κ3) is 8.34. The maximum Gasteiger partial charge on any atom is 0.466 e. The molecule has 1 atom stereocenters. The van der Waals surface area contributed by atoms with Gasteiger partial charge in [0, 0.05) is 31.6 Å². The average molecular weight is 522 g/mol. The monoisotopic (exact) mass is 522 g/mol. The van der Waals surface area contributed by atoms with Crippen molar-refractivity contribution in [2.75, 3.05) is 6.54 Å². The third-order valence-corrected chi connectivity index (χ3v) is 4.37. The standard InChI is InChI=1S/C16H15F6N5O.H3N.H3O4P/c17-10-6-12(19)11(18)4-8(10)3-9(23)5-14(28)26-1-2-27-13(7-26)24-25-15(27)16(20,21)22;;1-5(2,3)4/h4,6,9H,1-3,5,7,23H2;1H3;(H3,1,2,3,4)/t9-;;/m0../s1. The van der Waals surface area contributed by atoms with E-state index in [1.54, 1.807) is 0 Å². The van der Waals surface area contributed by atoms with Crippen LogP contribution < -0.4 is 11.9 Å². The van der Waals surface area contributed by atoms with Crippen molar-refractivity contribution in [2.24, 2.45) is 5.73 Å². The van der Waals surface area contributed by atoms with Crippen molar-refractivity contribution in [3.05, 3.63) is 46.8 Å². The summed E-state index contributed by atoms with van der Waals surface area (Å²) >= 11 is 0. The topological polar surface area (TPSA) is 190 Å². The van der Waals surface area contributed by atoms with Gasteiger partial charge in [0.25, 0.3) is 0 Å². The number of aromatic nitrogens is 3. The van der Waals surface area contributed by atoms with Crippen LogP contribution in [0.4, 0.5) is 26.3 Å². The lowest BCUT2D eigenvalue weighted by Gasteiger charge is -2.29. The van der Waals surface area contributed by atoms with Gasteiger partial charge in [-0.05, 0) is 18.1 Å². The molecule has 2 heterocycles. The number of halogens is 6. The molecule has 11 nitrogen and oxygen atoms in total. The lowest BCUT2D eigenvalue weighted by molar-refractivity contribution is -0.148. The number of rotatable bonds is 4. The second-order valence-electron chi connectivity index (χ2n) is 6.94. The highest BCUT2D eigenvalue weighted by Crippen LogP contribution is 2.29. The zero-order valence-electron chi connectivity index (χ0n) is 17.2. The minimum absolute atomic E-state index is 0. The van der Waals surface area contributed by atoms with Crippen molar-refractivity contribution >= 4 is 13.7 Å². The van der Waals surface area contributed by atoms with Gasteiger partial charge in [-0.15, -0.1) is 10.2 Å². The van der Waals surface area contributed by atoms with Gasteiger partial charge in [-0.1, -0.05) is 0 Å². The van der Waals surface area contributed by atoms with Crippen LogP contribution in [0.5, 0.6) is 0 Å². The molecule has 0 aliphatic carbocycles. The van der Waals surface area contributed by atoms with Gasteiger partial charge in [-0.25, -0.2) is 17.7 Å². The van der Waals surface area contributed by atoms with Gasteiger partial charge >= 0.3 is 14.0 Å². The molecular weight excluding hydrogens is 501 g/mol. The fraction of sp³-hybridized carbons (Fsp3) is 0.438. The Morgan fingerprint density at radius 2 is 1.65 bits per heavy atom. The smallest absolute Gasteiger partial charge is 0.344 e. The highest BCUT2D eigenvalue weighted by Gasteiger charge is 2.40. The number of hydrogen-bond donors (Lipinski definition) is 5. The molecule has 1 aromatic heterocycles. The molecule has 1 aromatic carbocycles. The first-order valence-corrected chi connectivity index (χ1v) is 10.6. The van der Waals surface area contributed by atoms with Crippen molar-refractivity contribution in [3.63, 3.8) is 0 Å². The van der Waals surface area contributed by atoms with E-state index in [4.69, 9.17) is 25.0 Å². The predicted octanol–water partition coefficient (Wildman–Crippen LogP) is 1.25. The van der Waals surface area contributed by atoms with E-state index < -0.39 is 49.2 Å². The van der Waals surface area contributed by atoms with Crippen molar-refractivity contribution in [3.8, 4) is 0 Å². The number of amides is 1. The molecule has 0 radical (unpaired) electrons. The van der Waals surface area contributed by atoms with Crippen LogP contribution in [-0.4, -0.2) is 52.8 Å². The molecular formula is C16H21F6N6O5P. The largest absolute Gasteiger partial charge is 0.466 e. The Bertz CT molecular complexity index is 1050. The van der Waals surface area contributed by atoms with Crippen molar-refractivity contribution in [1.82, 2.24) is 25.8 Å². The molecule has 192 valence electrons. The first-order valence-electron chi connectivity index (χ1n) is 9.00. The Balaban J connectivity index is 0.000000873. The molecule has 0 bridgehead atoms. The molecule has 1 aliphatic heterocycles. The minimum atomic E-state index is -4.64. The molecule has 34 heavy (non-hydrogen) atoms. The summed E-state index contributed by atoms with van der Waals surface area (Å²) in [5.41, 5.74) is 5.64. The number of nitrogens with zero attached hydrogens (tertiary/aromatic N) is 4. The van der Waals surface area contributed by atoms with Gasteiger partial charge in [0.1, 0.15) is 5.82 Å². The fourth-order valence-electron chi connectivity index (χ4n) is 3.01. The molecule has 0 saturated heterocycles. The van der Waals surface area contributed by atoms with E-state index in [1.165, 1.54) is 4.90 Å². The van der Waals surface area contributed by atoms with Gasteiger partial charge < -0.3 is 36.0 Å². The second-order valence-corrected chi connectivity index (χ2v) is 7.97. The van der Waals surface area contributed by atoms with Crippen LogP contribution in [0.2, 0.25) is 0 Å². The summed E-state index contributed by atoms with van der Waals surface area (Å²) in [7, 11) is -4.64. The van der Waals surface area contributed by atoms with Gasteiger partial charge in [0.05, 0.1) is 6.54 Å². The van der Waals surface area contributed by atoms with Crippen LogP contribution in [-0.2, 0) is 35.0 Å². The Morgan fingerprint density at radius 1 is 1.09 bits per heavy atom. The van der Waals surface area contributed by atoms with Gasteiger partial charge in [0.15, 0.2) is 17.5 Å². The SMILES string of the molecule is N.N[C@H](CC(=O)N1CCn2c(nnc2C(F)(F)F)C1)Cc1cc(F)c(F)cc1F.O=P(O)(O)O. The second kappa shape index (κ2) is 11.2. The summed E-state index contributed by atoms with van der Waals surface area (Å²) in [6, 6.07) is 0.184. The molecule has 2 aromatic rings. The van der Waals surface area contributed by atoms with E-state index in [0.29, 0.717) is 12.1 Å². The summed E-state index contributed by atoms with van der Waals surface area (Å²) in [6.45, 7) is -0.302. The van der Waals surface area contributed by atoms with E-state index in [0.717, 1.165) is 4.57 Å². The zero-order chi connectivity index (χ0) is 25.1. The lowest BCUT2D eigenvalue weighted by Crippen LogP contribution is -2.42. The number of hydrogen-bond acceptors (Lipinski definition) is 6. The first-order chi connectivity index (χ1) is 15.1. The quantitative estimate of drug-likeness (QED) is 0.224. The number of nitrogens with two attached hydrogens (primary N) is 1. The van der Waals surface area contributed by atoms with Gasteiger partial charge in [0.2, 0.25) is 11.7 Å². The number of carbonyl (C=O) groups is 1. The summed E-state index contributed by atoms with van der Waals surface area (Å²) in [5, 5.41) is 6.60. The Kier molecular flexibility index (Phi) is 9.75. The maximum absolute atomic E-state index is 13.7. The van der Waals surface area contributed by atoms with Gasteiger partial charge in [-0.3, -0.25) is 4.79 Å². The van der Waals surface area contributed by atoms with E-state index in [1.807, 2.05) is 0 Å². The predicted molar refractivity (Wildman–Crippen MR) is 102 cm³/mol. The van der Waals surface area contributed by atoms with Gasteiger partial charge in [-0.2, -0.15) is 13.2 Å². The van der Waals surface area contributed by atoms with E-state index >= 15 is 0 Å². The van der Waals surface area contributed by atoms with Crippen LogP contribution in [0.1, 0.15) is 23.6 Å². The molecule has 8 N–H and O–H groups in total. The van der Waals surface area contributed by atoms with E-state index in [-0.39, 0.29) is 50.0 Å². The molecule has 0 unspecified atom stereocenters. The van der Waals surface area contributed by atoms with E-state index in [9.17, 15) is 31.1 Å². The van der Waals surface area contributed by atoms with Crippen LogP contribution in [0.25, 0.3) is 0 Å². The van der Waals surface area contributed by atoms with Crippen LogP contribution in [0, 0.1) is 17.5 Å². The Morgan fingerprint density at radius 3 is 2.21 bits per heavy atom. The van der Waals surface area contributed by atoms with Crippen molar-refractivity contribution in [1.29, 1.82) is 0 Å². The minimum Gasteiger partial charge on any atom is -0.344 e. The molecule has 0 fully saturated rings. The summed E-state index contributed by atoms with van der Waals surface area (Å²) < 4.78 is 88.1. The van der Waals surface area contributed by atoms with Crippen LogP contribution >= 0.6 is 7.82 Å². The number of carbonyl (C=O) groups excluding carboxylic acids is 1. The Hall–Kier alpha value is -2.56. The van der Waals surface area contributed by atoms with Crippen LogP contribution in [0.3, 0.4) is 0 Å². The summed E-state index contributed by atoms with van der Waals surface area (Å²) in [4.78, 5) is 35.2. The molecule has 3 rings (SSSR count). The molecule has 0 spiro atoms. The fourth-order valence-corrected chi connectivity index (χ4v) is 3.01. The highest BCUT2D eigenvalue weighted by atomic mass is 31.2. The molecule has 18 heteroatoms. The zero-order valence-corrected chi connectivity index (χ0v) is 18.1. The number of benzene rings is 1. The molecule has 1 aliphatic rings. The number of phosphoric acid groups is 1. The third-order valence-electron chi connectivity index (χ3n) is 4.37. The number of fused-ring (bicyclic) bond motifs is 1. The van der Waals surface area contributed by atoms with Crippen molar-refractivity contribution < 1.29 is 50.4 Å². The Labute approximate surface area is 188 Å². The molecule has 0 saturated carbocycles. The molecule has 1 amide bonds. The summed E-state index contributed by atoms with van der Waals surface area (Å²) in [6.07, 6.45) is -5.11.